The number of benzene rings is 1. The van der Waals surface area contributed by atoms with Crippen LogP contribution in [0.3, 0.4) is 0 Å². The van der Waals surface area contributed by atoms with E-state index in [9.17, 15) is 9.90 Å². The number of hydrogen-bond donors (Lipinski definition) is 2. The molecule has 0 bridgehead atoms. The Balaban J connectivity index is 1.71. The van der Waals surface area contributed by atoms with Gasteiger partial charge >= 0.3 is 0 Å². The van der Waals surface area contributed by atoms with Crippen molar-refractivity contribution in [1.82, 2.24) is 9.88 Å². The summed E-state index contributed by atoms with van der Waals surface area (Å²) in [6.07, 6.45) is 4.06. The third-order valence-electron chi connectivity index (χ3n) is 4.78. The summed E-state index contributed by atoms with van der Waals surface area (Å²) in [7, 11) is 0. The molecule has 0 saturated carbocycles. The van der Waals surface area contributed by atoms with Crippen LogP contribution in [0.4, 0.5) is 0 Å². The number of hydrogen-bond acceptors (Lipinski definition) is 3. The molecule has 4 nitrogen and oxygen atoms in total. The van der Waals surface area contributed by atoms with Crippen LogP contribution in [0.2, 0.25) is 0 Å². The van der Waals surface area contributed by atoms with Gasteiger partial charge in [0, 0.05) is 30.7 Å². The number of H-pyrrole nitrogens is 1. The normalized spacial score (nSPS) is 22.0. The molecule has 0 radical (unpaired) electrons. The van der Waals surface area contributed by atoms with Crippen LogP contribution in [-0.2, 0) is 19.4 Å². The van der Waals surface area contributed by atoms with Gasteiger partial charge < -0.3 is 10.1 Å². The molecule has 1 fully saturated rings. The molecule has 4 rings (SSSR count). The Morgan fingerprint density at radius 1 is 1.24 bits per heavy atom. The van der Waals surface area contributed by atoms with Gasteiger partial charge in [-0.2, -0.15) is 0 Å². The molecule has 1 aromatic carbocycles. The molecule has 21 heavy (non-hydrogen) atoms. The van der Waals surface area contributed by atoms with Crippen molar-refractivity contribution in [3.8, 4) is 0 Å². The second-order valence-corrected chi connectivity index (χ2v) is 6.36. The minimum atomic E-state index is -0.243. The van der Waals surface area contributed by atoms with E-state index in [0.717, 1.165) is 42.3 Å². The topological polar surface area (TPSA) is 56.3 Å². The van der Waals surface area contributed by atoms with Crippen LogP contribution >= 0.6 is 0 Å². The summed E-state index contributed by atoms with van der Waals surface area (Å²) in [5.74, 6) is 0. The van der Waals surface area contributed by atoms with Gasteiger partial charge in [0.15, 0.2) is 0 Å². The Morgan fingerprint density at radius 2 is 2.05 bits per heavy atom. The van der Waals surface area contributed by atoms with Crippen LogP contribution in [0.15, 0.2) is 23.0 Å². The van der Waals surface area contributed by atoms with Gasteiger partial charge in [0.05, 0.1) is 6.10 Å². The van der Waals surface area contributed by atoms with Crippen molar-refractivity contribution < 1.29 is 5.11 Å². The van der Waals surface area contributed by atoms with Gasteiger partial charge in [0.1, 0.15) is 0 Å². The largest absolute Gasteiger partial charge is 0.392 e. The van der Waals surface area contributed by atoms with Gasteiger partial charge in [-0.05, 0) is 60.4 Å². The van der Waals surface area contributed by atoms with Crippen LogP contribution in [0.25, 0.3) is 10.9 Å². The summed E-state index contributed by atoms with van der Waals surface area (Å²) in [4.78, 5) is 17.4. The first-order chi connectivity index (χ1) is 10.2. The number of aliphatic hydroxyl groups excluding tert-OH is 1. The molecule has 1 aliphatic heterocycles. The van der Waals surface area contributed by atoms with Gasteiger partial charge in [-0.1, -0.05) is 0 Å². The van der Waals surface area contributed by atoms with E-state index in [4.69, 9.17) is 0 Å². The minimum Gasteiger partial charge on any atom is -0.392 e. The van der Waals surface area contributed by atoms with Crippen molar-refractivity contribution in [3.05, 3.63) is 45.2 Å². The van der Waals surface area contributed by atoms with Crippen LogP contribution in [0.1, 0.15) is 29.5 Å². The lowest BCUT2D eigenvalue weighted by molar-refractivity contribution is 0.174. The van der Waals surface area contributed by atoms with Crippen molar-refractivity contribution in [2.45, 2.75) is 38.3 Å². The molecule has 2 N–H and O–H groups in total. The second kappa shape index (κ2) is 4.97. The van der Waals surface area contributed by atoms with Crippen molar-refractivity contribution in [3.63, 3.8) is 0 Å². The number of fused-ring (bicyclic) bond motifs is 2. The van der Waals surface area contributed by atoms with E-state index in [1.165, 1.54) is 17.5 Å². The van der Waals surface area contributed by atoms with Crippen LogP contribution in [0.5, 0.6) is 0 Å². The lowest BCUT2D eigenvalue weighted by Crippen LogP contribution is -2.25. The summed E-state index contributed by atoms with van der Waals surface area (Å²) in [5, 5.41) is 10.7. The predicted octanol–water partition coefficient (Wildman–Crippen LogP) is 1.58. The van der Waals surface area contributed by atoms with E-state index in [0.29, 0.717) is 13.1 Å². The Morgan fingerprint density at radius 3 is 2.81 bits per heavy atom. The Bertz CT molecular complexity index is 750. The fourth-order valence-electron chi connectivity index (χ4n) is 3.64. The number of aromatic amines is 1. The SMILES string of the molecule is O=c1[nH]c2cc3c(cc2cc1CN1CC[C@H](O)C1)CCC3. The Kier molecular flexibility index (Phi) is 3.08. The molecule has 2 aromatic rings. The standard InChI is InChI=1S/C17H20N2O2/c20-15-4-5-19(10-15)9-14-7-13-6-11-2-1-3-12(11)8-16(13)18-17(14)21/h6-8,15,20H,1-5,9-10H2,(H,18,21)/t15-/m0/s1. The van der Waals surface area contributed by atoms with Gasteiger partial charge in [0.2, 0.25) is 0 Å². The molecule has 1 aromatic heterocycles. The monoisotopic (exact) mass is 284 g/mol. The fraction of sp³-hybridized carbons (Fsp3) is 0.471. The maximum Gasteiger partial charge on any atom is 0.252 e. The summed E-state index contributed by atoms with van der Waals surface area (Å²) < 4.78 is 0. The van der Waals surface area contributed by atoms with E-state index in [2.05, 4.69) is 22.0 Å². The van der Waals surface area contributed by atoms with Crippen LogP contribution < -0.4 is 5.56 Å². The molecular formula is C17H20N2O2. The quantitative estimate of drug-likeness (QED) is 0.880. The fourth-order valence-corrected chi connectivity index (χ4v) is 3.64. The van der Waals surface area contributed by atoms with Gasteiger partial charge in [-0.15, -0.1) is 0 Å². The minimum absolute atomic E-state index is 0.00170. The number of aromatic nitrogens is 1. The molecule has 2 heterocycles. The predicted molar refractivity (Wildman–Crippen MR) is 82.5 cm³/mol. The average Bonchev–Trinajstić information content (AvgIpc) is 3.06. The van der Waals surface area contributed by atoms with Crippen LogP contribution in [-0.4, -0.2) is 34.2 Å². The smallest absolute Gasteiger partial charge is 0.252 e. The highest BCUT2D eigenvalue weighted by Crippen LogP contribution is 2.26. The van der Waals surface area contributed by atoms with Crippen molar-refractivity contribution in [1.29, 1.82) is 0 Å². The van der Waals surface area contributed by atoms with E-state index in [1.54, 1.807) is 0 Å². The van der Waals surface area contributed by atoms with Crippen molar-refractivity contribution in [2.75, 3.05) is 13.1 Å². The number of aliphatic hydroxyl groups is 1. The first-order valence-electron chi connectivity index (χ1n) is 7.77. The van der Waals surface area contributed by atoms with E-state index in [1.807, 2.05) is 6.07 Å². The highest BCUT2D eigenvalue weighted by atomic mass is 16.3. The molecule has 0 amide bonds. The number of aryl methyl sites for hydroxylation is 2. The van der Waals surface area contributed by atoms with Crippen molar-refractivity contribution >= 4 is 10.9 Å². The number of nitrogens with zero attached hydrogens (tertiary/aromatic N) is 1. The van der Waals surface area contributed by atoms with Gasteiger partial charge in [-0.3, -0.25) is 9.69 Å². The molecule has 1 atom stereocenters. The zero-order chi connectivity index (χ0) is 14.4. The maximum atomic E-state index is 12.3. The first kappa shape index (κ1) is 13.0. The molecule has 0 spiro atoms. The Hall–Kier alpha value is -1.65. The zero-order valence-corrected chi connectivity index (χ0v) is 12.1. The molecular weight excluding hydrogens is 264 g/mol. The summed E-state index contributed by atoms with van der Waals surface area (Å²) in [5.41, 5.74) is 4.56. The lowest BCUT2D eigenvalue weighted by atomic mass is 10.0. The highest BCUT2D eigenvalue weighted by molar-refractivity contribution is 5.81. The number of β-amino-alcohol motifs (C(OH)–C–C–N with tert-alkyl or cyclic N) is 1. The van der Waals surface area contributed by atoms with Gasteiger partial charge in [0.25, 0.3) is 5.56 Å². The molecule has 1 saturated heterocycles. The Labute approximate surface area is 123 Å². The maximum absolute atomic E-state index is 12.3. The third-order valence-corrected chi connectivity index (χ3v) is 4.78. The molecule has 110 valence electrons. The number of rotatable bonds is 2. The summed E-state index contributed by atoms with van der Waals surface area (Å²) in [6, 6.07) is 6.40. The summed E-state index contributed by atoms with van der Waals surface area (Å²) >= 11 is 0. The second-order valence-electron chi connectivity index (χ2n) is 6.36. The number of likely N-dealkylation sites (tertiary alicyclic amines) is 1. The lowest BCUT2D eigenvalue weighted by Gasteiger charge is -2.14. The summed E-state index contributed by atoms with van der Waals surface area (Å²) in [6.45, 7) is 2.16. The number of pyridine rings is 1. The van der Waals surface area contributed by atoms with Crippen LogP contribution in [0, 0.1) is 0 Å². The highest BCUT2D eigenvalue weighted by Gasteiger charge is 2.21. The van der Waals surface area contributed by atoms with E-state index >= 15 is 0 Å². The molecule has 4 heteroatoms. The zero-order valence-electron chi connectivity index (χ0n) is 12.1. The van der Waals surface area contributed by atoms with Gasteiger partial charge in [-0.25, -0.2) is 0 Å². The van der Waals surface area contributed by atoms with E-state index in [-0.39, 0.29) is 11.7 Å². The molecule has 2 aliphatic rings. The first-order valence-corrected chi connectivity index (χ1v) is 7.77. The average molecular weight is 284 g/mol. The molecule has 0 unspecified atom stereocenters. The van der Waals surface area contributed by atoms with E-state index < -0.39 is 0 Å². The molecule has 1 aliphatic carbocycles. The number of nitrogens with one attached hydrogen (secondary N) is 1. The van der Waals surface area contributed by atoms with Crippen molar-refractivity contribution in [2.24, 2.45) is 0 Å². The third kappa shape index (κ3) is 2.39.